The molecule has 2 N–H and O–H groups in total. The molecule has 0 amide bonds. The van der Waals surface area contributed by atoms with Gasteiger partial charge in [0.2, 0.25) is 0 Å². The fourth-order valence-corrected chi connectivity index (χ4v) is 1.23. The van der Waals surface area contributed by atoms with Crippen LogP contribution in [0.1, 0.15) is 22.0 Å². The molecule has 0 bridgehead atoms. The molecule has 1 rings (SSSR count). The second kappa shape index (κ2) is 5.50. The molecule has 1 aromatic rings. The number of hydrogen-bond donors (Lipinski definition) is 2. The van der Waals surface area contributed by atoms with Crippen LogP contribution in [0.3, 0.4) is 0 Å². The van der Waals surface area contributed by atoms with E-state index < -0.39 is 41.4 Å². The van der Waals surface area contributed by atoms with Gasteiger partial charge in [-0.3, -0.25) is 4.79 Å². The molecule has 5 nitrogen and oxygen atoms in total. The van der Waals surface area contributed by atoms with Crippen LogP contribution in [0.15, 0.2) is 12.1 Å². The van der Waals surface area contributed by atoms with Crippen LogP contribution in [0, 0.1) is 5.82 Å². The molecule has 1 aromatic carbocycles. The standard InChI is InChI=1S/C10H7F3O5/c11-6-4(3-14)1-2-5(7(15)9(16)17)8(6)18-10(12)13/h1-3,7,10,15H,(H,16,17). The summed E-state index contributed by atoms with van der Waals surface area (Å²) in [5.74, 6) is -4.39. The summed E-state index contributed by atoms with van der Waals surface area (Å²) in [5.41, 5.74) is -1.29. The number of carboxylic acids is 1. The van der Waals surface area contributed by atoms with Crippen molar-refractivity contribution in [2.45, 2.75) is 12.7 Å². The number of ether oxygens (including phenoxy) is 1. The van der Waals surface area contributed by atoms with Crippen LogP contribution in [0.2, 0.25) is 0 Å². The first-order valence-electron chi connectivity index (χ1n) is 4.51. The zero-order chi connectivity index (χ0) is 13.9. The number of carbonyl (C=O) groups excluding carboxylic acids is 1. The van der Waals surface area contributed by atoms with Gasteiger partial charge in [-0.2, -0.15) is 8.78 Å². The molecule has 0 aromatic heterocycles. The Bertz CT molecular complexity index is 475. The maximum absolute atomic E-state index is 13.5. The van der Waals surface area contributed by atoms with Crippen molar-refractivity contribution < 1.29 is 37.7 Å². The van der Waals surface area contributed by atoms with Gasteiger partial charge in [-0.25, -0.2) is 9.18 Å². The highest BCUT2D eigenvalue weighted by molar-refractivity contribution is 5.79. The van der Waals surface area contributed by atoms with E-state index in [1.165, 1.54) is 0 Å². The third-order valence-corrected chi connectivity index (χ3v) is 2.02. The molecule has 0 aliphatic carbocycles. The predicted molar refractivity (Wildman–Crippen MR) is 51.0 cm³/mol. The van der Waals surface area contributed by atoms with E-state index in [0.29, 0.717) is 0 Å². The lowest BCUT2D eigenvalue weighted by molar-refractivity contribution is -0.147. The number of halogens is 3. The highest BCUT2D eigenvalue weighted by Crippen LogP contribution is 2.31. The maximum atomic E-state index is 13.5. The summed E-state index contributed by atoms with van der Waals surface area (Å²) in [6.07, 6.45) is -2.20. The van der Waals surface area contributed by atoms with Gasteiger partial charge in [0.25, 0.3) is 0 Å². The van der Waals surface area contributed by atoms with Crippen LogP contribution in [-0.4, -0.2) is 29.1 Å². The van der Waals surface area contributed by atoms with Crippen molar-refractivity contribution in [1.29, 1.82) is 0 Å². The normalized spacial score (nSPS) is 12.3. The van der Waals surface area contributed by atoms with E-state index in [4.69, 9.17) is 5.11 Å². The largest absolute Gasteiger partial charge is 0.479 e. The van der Waals surface area contributed by atoms with Crippen LogP contribution in [-0.2, 0) is 4.79 Å². The van der Waals surface area contributed by atoms with Gasteiger partial charge in [0.05, 0.1) is 5.56 Å². The van der Waals surface area contributed by atoms with E-state index in [1.54, 1.807) is 0 Å². The Labute approximate surface area is 98.4 Å². The van der Waals surface area contributed by atoms with Crippen LogP contribution >= 0.6 is 0 Å². The molecule has 1 atom stereocenters. The number of aliphatic hydroxyl groups is 1. The Balaban J connectivity index is 3.37. The number of alkyl halides is 2. The monoisotopic (exact) mass is 264 g/mol. The van der Waals surface area contributed by atoms with Gasteiger partial charge in [-0.1, -0.05) is 6.07 Å². The quantitative estimate of drug-likeness (QED) is 0.784. The molecule has 0 spiro atoms. The Morgan fingerprint density at radius 1 is 1.39 bits per heavy atom. The maximum Gasteiger partial charge on any atom is 0.387 e. The SMILES string of the molecule is O=Cc1ccc(C(O)C(=O)O)c(OC(F)F)c1F. The Kier molecular flexibility index (Phi) is 4.27. The van der Waals surface area contributed by atoms with Gasteiger partial charge < -0.3 is 14.9 Å². The van der Waals surface area contributed by atoms with Crippen LogP contribution in [0.5, 0.6) is 5.75 Å². The second-order valence-corrected chi connectivity index (χ2v) is 3.12. The van der Waals surface area contributed by atoms with E-state index in [1.807, 2.05) is 0 Å². The number of carbonyl (C=O) groups is 2. The van der Waals surface area contributed by atoms with Gasteiger partial charge in [0, 0.05) is 5.56 Å². The summed E-state index contributed by atoms with van der Waals surface area (Å²) in [6, 6.07) is 1.67. The molecule has 0 saturated heterocycles. The number of carboxylic acid groups (broad SMARTS) is 1. The Morgan fingerprint density at radius 2 is 2.00 bits per heavy atom. The summed E-state index contributed by atoms with van der Waals surface area (Å²) >= 11 is 0. The third kappa shape index (κ3) is 2.77. The average molecular weight is 264 g/mol. The lowest BCUT2D eigenvalue weighted by Crippen LogP contribution is -2.15. The molecule has 1 unspecified atom stereocenters. The zero-order valence-electron chi connectivity index (χ0n) is 8.64. The van der Waals surface area contributed by atoms with Gasteiger partial charge in [-0.05, 0) is 6.07 Å². The summed E-state index contributed by atoms with van der Waals surface area (Å²) in [4.78, 5) is 20.9. The molecule has 8 heteroatoms. The molecular weight excluding hydrogens is 257 g/mol. The summed E-state index contributed by atoms with van der Waals surface area (Å²) < 4.78 is 41.5. The van der Waals surface area contributed by atoms with E-state index in [0.717, 1.165) is 12.1 Å². The summed E-state index contributed by atoms with van der Waals surface area (Å²) in [7, 11) is 0. The van der Waals surface area contributed by atoms with Gasteiger partial charge in [-0.15, -0.1) is 0 Å². The number of benzene rings is 1. The average Bonchev–Trinajstić information content (AvgIpc) is 2.30. The summed E-state index contributed by atoms with van der Waals surface area (Å²) in [6.45, 7) is -3.43. The van der Waals surface area contributed by atoms with Crippen molar-refractivity contribution in [3.8, 4) is 5.75 Å². The lowest BCUT2D eigenvalue weighted by Gasteiger charge is -2.14. The van der Waals surface area contributed by atoms with Crippen LogP contribution in [0.25, 0.3) is 0 Å². The Hall–Kier alpha value is -2.09. The van der Waals surface area contributed by atoms with Crippen molar-refractivity contribution in [3.05, 3.63) is 29.1 Å². The van der Waals surface area contributed by atoms with Crippen molar-refractivity contribution in [1.82, 2.24) is 0 Å². The number of aliphatic carboxylic acids is 1. The molecular formula is C10H7F3O5. The second-order valence-electron chi connectivity index (χ2n) is 3.12. The molecule has 0 heterocycles. The molecule has 0 fully saturated rings. The van der Waals surface area contributed by atoms with E-state index in [2.05, 4.69) is 4.74 Å². The van der Waals surface area contributed by atoms with Gasteiger partial charge >= 0.3 is 12.6 Å². The van der Waals surface area contributed by atoms with Crippen LogP contribution in [0.4, 0.5) is 13.2 Å². The van der Waals surface area contributed by atoms with Crippen molar-refractivity contribution in [3.63, 3.8) is 0 Å². The minimum atomic E-state index is -3.43. The molecule has 0 saturated carbocycles. The lowest BCUT2D eigenvalue weighted by atomic mass is 10.1. The Morgan fingerprint density at radius 3 is 2.44 bits per heavy atom. The summed E-state index contributed by atoms with van der Waals surface area (Å²) in [5, 5.41) is 17.7. The van der Waals surface area contributed by atoms with Crippen molar-refractivity contribution in [2.75, 3.05) is 0 Å². The van der Waals surface area contributed by atoms with Crippen LogP contribution < -0.4 is 4.74 Å². The minimum absolute atomic E-state index is 0.0462. The van der Waals surface area contributed by atoms with Gasteiger partial charge in [0.15, 0.2) is 24.0 Å². The van der Waals surface area contributed by atoms with Crippen molar-refractivity contribution >= 4 is 12.3 Å². The van der Waals surface area contributed by atoms with Crippen molar-refractivity contribution in [2.24, 2.45) is 0 Å². The first-order chi connectivity index (χ1) is 8.38. The predicted octanol–water partition coefficient (Wildman–Crippen LogP) is 1.36. The third-order valence-electron chi connectivity index (χ3n) is 2.02. The number of aliphatic hydroxyl groups excluding tert-OH is 1. The van der Waals surface area contributed by atoms with Gasteiger partial charge in [0.1, 0.15) is 0 Å². The number of aldehydes is 1. The molecule has 0 radical (unpaired) electrons. The highest BCUT2D eigenvalue weighted by Gasteiger charge is 2.26. The number of rotatable bonds is 5. The smallest absolute Gasteiger partial charge is 0.387 e. The molecule has 0 aliphatic heterocycles. The fraction of sp³-hybridized carbons (Fsp3) is 0.200. The first-order valence-corrected chi connectivity index (χ1v) is 4.51. The fourth-order valence-electron chi connectivity index (χ4n) is 1.23. The van der Waals surface area contributed by atoms with E-state index >= 15 is 0 Å². The number of hydrogen-bond acceptors (Lipinski definition) is 4. The first kappa shape index (κ1) is 14.0. The highest BCUT2D eigenvalue weighted by atomic mass is 19.3. The zero-order valence-corrected chi connectivity index (χ0v) is 8.64. The topological polar surface area (TPSA) is 83.8 Å². The molecule has 98 valence electrons. The minimum Gasteiger partial charge on any atom is -0.479 e. The molecule has 18 heavy (non-hydrogen) atoms. The molecule has 0 aliphatic rings. The van der Waals surface area contributed by atoms with E-state index in [-0.39, 0.29) is 6.29 Å². The van der Waals surface area contributed by atoms with E-state index in [9.17, 15) is 27.9 Å².